The third kappa shape index (κ3) is 3.90. The predicted octanol–water partition coefficient (Wildman–Crippen LogP) is 2.98. The Morgan fingerprint density at radius 2 is 2.25 bits per heavy atom. The second-order valence-electron chi connectivity index (χ2n) is 4.54. The Kier molecular flexibility index (Phi) is 4.89. The van der Waals surface area contributed by atoms with Gasteiger partial charge in [0.2, 0.25) is 0 Å². The molecule has 0 atom stereocenters. The Hall–Kier alpha value is -1.69. The summed E-state index contributed by atoms with van der Waals surface area (Å²) in [5.41, 5.74) is 2.51. The van der Waals surface area contributed by atoms with Crippen LogP contribution in [0.1, 0.15) is 28.0 Å². The minimum absolute atomic E-state index is 0.269. The lowest BCUT2D eigenvalue weighted by molar-refractivity contribution is 0.0952. The first-order valence-electron chi connectivity index (χ1n) is 6.29. The highest BCUT2D eigenvalue weighted by Crippen LogP contribution is 2.14. The Morgan fingerprint density at radius 3 is 2.90 bits per heavy atom. The molecule has 1 aromatic heterocycles. The smallest absolute Gasteiger partial charge is 0.251 e. The van der Waals surface area contributed by atoms with Gasteiger partial charge in [-0.15, -0.1) is 0 Å². The highest BCUT2D eigenvalue weighted by molar-refractivity contribution is 9.10. The van der Waals surface area contributed by atoms with Gasteiger partial charge >= 0.3 is 0 Å². The number of nitrogens with one attached hydrogen (secondary N) is 2. The van der Waals surface area contributed by atoms with Gasteiger partial charge in [0.1, 0.15) is 5.82 Å². The Morgan fingerprint density at radius 1 is 1.45 bits per heavy atom. The molecule has 20 heavy (non-hydrogen) atoms. The fourth-order valence-electron chi connectivity index (χ4n) is 1.90. The van der Waals surface area contributed by atoms with Gasteiger partial charge in [-0.2, -0.15) is 5.10 Å². The molecule has 2 N–H and O–H groups in total. The van der Waals surface area contributed by atoms with Crippen molar-refractivity contribution in [2.75, 3.05) is 6.54 Å². The highest BCUT2D eigenvalue weighted by Gasteiger charge is 2.08. The van der Waals surface area contributed by atoms with Gasteiger partial charge in [-0.1, -0.05) is 15.9 Å². The predicted molar refractivity (Wildman–Crippen MR) is 78.1 cm³/mol. The van der Waals surface area contributed by atoms with Crippen LogP contribution in [0.4, 0.5) is 4.39 Å². The third-order valence-corrected chi connectivity index (χ3v) is 3.43. The molecule has 0 saturated carbocycles. The fraction of sp³-hybridized carbons (Fsp3) is 0.286. The van der Waals surface area contributed by atoms with Crippen LogP contribution in [0.15, 0.2) is 28.9 Å². The molecular formula is C14H15BrFN3O. The molecule has 0 spiro atoms. The molecule has 1 aromatic carbocycles. The molecule has 0 aliphatic rings. The van der Waals surface area contributed by atoms with Crippen LogP contribution in [0.5, 0.6) is 0 Å². The zero-order valence-corrected chi connectivity index (χ0v) is 12.6. The Balaban J connectivity index is 1.82. The van der Waals surface area contributed by atoms with E-state index in [1.165, 1.54) is 12.1 Å². The highest BCUT2D eigenvalue weighted by atomic mass is 79.9. The summed E-state index contributed by atoms with van der Waals surface area (Å²) in [6, 6.07) is 4.14. The first-order chi connectivity index (χ1) is 9.56. The maximum Gasteiger partial charge on any atom is 0.251 e. The van der Waals surface area contributed by atoms with Crippen molar-refractivity contribution in [3.8, 4) is 0 Å². The lowest BCUT2D eigenvalue weighted by atomic mass is 10.1. The Labute approximate surface area is 124 Å². The van der Waals surface area contributed by atoms with Crippen LogP contribution < -0.4 is 5.32 Å². The molecule has 0 saturated heterocycles. The minimum atomic E-state index is -0.432. The van der Waals surface area contributed by atoms with E-state index in [2.05, 4.69) is 31.4 Å². The number of carbonyl (C=O) groups is 1. The van der Waals surface area contributed by atoms with Gasteiger partial charge < -0.3 is 5.32 Å². The van der Waals surface area contributed by atoms with Crippen molar-refractivity contribution in [3.05, 3.63) is 51.5 Å². The Bertz CT molecular complexity index is 592. The van der Waals surface area contributed by atoms with Gasteiger partial charge in [0, 0.05) is 22.3 Å². The van der Waals surface area contributed by atoms with Crippen molar-refractivity contribution in [2.45, 2.75) is 19.8 Å². The molecule has 0 unspecified atom stereocenters. The van der Waals surface area contributed by atoms with Crippen molar-refractivity contribution >= 4 is 21.8 Å². The van der Waals surface area contributed by atoms with E-state index in [0.717, 1.165) is 24.1 Å². The number of aromatic amines is 1. The molecule has 2 aromatic rings. The number of benzene rings is 1. The summed E-state index contributed by atoms with van der Waals surface area (Å²) < 4.78 is 13.7. The molecule has 106 valence electrons. The van der Waals surface area contributed by atoms with Gasteiger partial charge in [0.25, 0.3) is 5.91 Å². The lowest BCUT2D eigenvalue weighted by Crippen LogP contribution is -2.24. The van der Waals surface area contributed by atoms with Gasteiger partial charge in [0.15, 0.2) is 0 Å². The molecule has 0 radical (unpaired) electrons. The molecule has 0 aliphatic heterocycles. The second-order valence-corrected chi connectivity index (χ2v) is 5.45. The number of carbonyl (C=O) groups excluding carboxylic acids is 1. The summed E-state index contributed by atoms with van der Waals surface area (Å²) in [7, 11) is 0. The quantitative estimate of drug-likeness (QED) is 0.822. The number of amides is 1. The zero-order chi connectivity index (χ0) is 14.5. The number of H-pyrrole nitrogens is 1. The van der Waals surface area contributed by atoms with Crippen LogP contribution in [0, 0.1) is 12.7 Å². The summed E-state index contributed by atoms with van der Waals surface area (Å²) in [6.45, 7) is 2.50. The molecule has 4 nitrogen and oxygen atoms in total. The topological polar surface area (TPSA) is 57.8 Å². The van der Waals surface area contributed by atoms with E-state index in [0.29, 0.717) is 16.6 Å². The van der Waals surface area contributed by atoms with E-state index in [-0.39, 0.29) is 5.91 Å². The molecule has 0 fully saturated rings. The molecule has 0 bridgehead atoms. The van der Waals surface area contributed by atoms with E-state index in [1.54, 1.807) is 12.3 Å². The summed E-state index contributed by atoms with van der Waals surface area (Å²) in [5, 5.41) is 9.59. The van der Waals surface area contributed by atoms with Gasteiger partial charge in [-0.05, 0) is 43.5 Å². The maximum atomic E-state index is 13.2. The van der Waals surface area contributed by atoms with E-state index in [4.69, 9.17) is 0 Å². The summed E-state index contributed by atoms with van der Waals surface area (Å²) >= 11 is 3.17. The first kappa shape index (κ1) is 14.7. The number of aromatic nitrogens is 2. The second kappa shape index (κ2) is 6.65. The molecular weight excluding hydrogens is 325 g/mol. The van der Waals surface area contributed by atoms with Gasteiger partial charge in [-0.25, -0.2) is 4.39 Å². The van der Waals surface area contributed by atoms with Crippen molar-refractivity contribution < 1.29 is 9.18 Å². The van der Waals surface area contributed by atoms with Crippen LogP contribution in [0.3, 0.4) is 0 Å². The average molecular weight is 340 g/mol. The van der Waals surface area contributed by atoms with E-state index < -0.39 is 5.82 Å². The maximum absolute atomic E-state index is 13.2. The zero-order valence-electron chi connectivity index (χ0n) is 11.0. The number of hydrogen-bond donors (Lipinski definition) is 2. The summed E-state index contributed by atoms with van der Waals surface area (Å²) in [6.07, 6.45) is 3.44. The van der Waals surface area contributed by atoms with Crippen molar-refractivity contribution in [1.29, 1.82) is 0 Å². The largest absolute Gasteiger partial charge is 0.352 e. The molecule has 2 rings (SSSR count). The lowest BCUT2D eigenvalue weighted by Gasteiger charge is -2.06. The SMILES string of the molecule is Cc1[nH]ncc1CCCNC(=O)c1cc(F)cc(Br)c1. The first-order valence-corrected chi connectivity index (χ1v) is 7.08. The molecule has 1 heterocycles. The van der Waals surface area contributed by atoms with Crippen LogP contribution in [-0.2, 0) is 6.42 Å². The van der Waals surface area contributed by atoms with E-state index >= 15 is 0 Å². The number of hydrogen-bond acceptors (Lipinski definition) is 2. The monoisotopic (exact) mass is 339 g/mol. The summed E-state index contributed by atoms with van der Waals surface area (Å²) in [5.74, 6) is -0.701. The number of nitrogens with zero attached hydrogens (tertiary/aromatic N) is 1. The molecule has 0 aliphatic carbocycles. The average Bonchev–Trinajstić information content (AvgIpc) is 2.79. The fourth-order valence-corrected chi connectivity index (χ4v) is 2.36. The summed E-state index contributed by atoms with van der Waals surface area (Å²) in [4.78, 5) is 11.9. The third-order valence-electron chi connectivity index (χ3n) is 2.97. The van der Waals surface area contributed by atoms with Crippen molar-refractivity contribution in [2.24, 2.45) is 0 Å². The van der Waals surface area contributed by atoms with Gasteiger partial charge in [-0.3, -0.25) is 9.89 Å². The minimum Gasteiger partial charge on any atom is -0.352 e. The molecule has 6 heteroatoms. The molecule has 1 amide bonds. The van der Waals surface area contributed by atoms with Crippen LogP contribution in [0.25, 0.3) is 0 Å². The number of rotatable bonds is 5. The van der Waals surface area contributed by atoms with Gasteiger partial charge in [0.05, 0.1) is 6.20 Å². The standard InChI is InChI=1S/C14H15BrFN3O/c1-9-10(8-18-19-9)3-2-4-17-14(20)11-5-12(15)7-13(16)6-11/h5-8H,2-4H2,1H3,(H,17,20)(H,18,19). The normalized spacial score (nSPS) is 10.6. The van der Waals surface area contributed by atoms with E-state index in [1.807, 2.05) is 6.92 Å². The van der Waals surface area contributed by atoms with E-state index in [9.17, 15) is 9.18 Å². The van der Waals surface area contributed by atoms with Crippen molar-refractivity contribution in [1.82, 2.24) is 15.5 Å². The van der Waals surface area contributed by atoms with Crippen molar-refractivity contribution in [3.63, 3.8) is 0 Å². The number of halogens is 2. The van der Waals surface area contributed by atoms with Crippen LogP contribution in [-0.4, -0.2) is 22.6 Å². The van der Waals surface area contributed by atoms with Crippen LogP contribution >= 0.6 is 15.9 Å². The van der Waals surface area contributed by atoms with Crippen LogP contribution in [0.2, 0.25) is 0 Å². The number of aryl methyl sites for hydroxylation is 2.